The van der Waals surface area contributed by atoms with Crippen molar-refractivity contribution in [3.8, 4) is 0 Å². The van der Waals surface area contributed by atoms with E-state index in [0.717, 1.165) is 23.6 Å². The molecule has 1 unspecified atom stereocenters. The van der Waals surface area contributed by atoms with Gasteiger partial charge in [-0.25, -0.2) is 0 Å². The van der Waals surface area contributed by atoms with Crippen LogP contribution in [0.1, 0.15) is 27.0 Å². The minimum atomic E-state index is -4.39. The van der Waals surface area contributed by atoms with E-state index in [1.807, 2.05) is 29.9 Å². The lowest BCUT2D eigenvalue weighted by atomic mass is 10.1. The van der Waals surface area contributed by atoms with Crippen molar-refractivity contribution in [1.29, 1.82) is 0 Å². The third kappa shape index (κ3) is 3.10. The third-order valence-corrected chi connectivity index (χ3v) is 5.08. The second-order valence-corrected chi connectivity index (χ2v) is 6.53. The smallest absolute Gasteiger partial charge is 0.352 e. The molecule has 1 saturated heterocycles. The number of halogens is 3. The number of carbonyl (C=O) groups excluding carboxylic acids is 1. The van der Waals surface area contributed by atoms with Gasteiger partial charge in [-0.1, -0.05) is 0 Å². The molecule has 0 aliphatic carbocycles. The van der Waals surface area contributed by atoms with E-state index in [1.165, 1.54) is 12.1 Å². The number of alkyl halides is 3. The van der Waals surface area contributed by atoms with Crippen LogP contribution in [0.2, 0.25) is 0 Å². The number of amides is 1. The third-order valence-electron chi connectivity index (χ3n) is 3.85. The van der Waals surface area contributed by atoms with Gasteiger partial charge in [0.15, 0.2) is 0 Å². The van der Waals surface area contributed by atoms with E-state index < -0.39 is 11.7 Å². The molecule has 1 atom stereocenters. The first-order valence-electron chi connectivity index (χ1n) is 7.09. The highest BCUT2D eigenvalue weighted by atomic mass is 32.2. The topological polar surface area (TPSA) is 25.2 Å². The van der Waals surface area contributed by atoms with Gasteiger partial charge in [-0.2, -0.15) is 13.2 Å². The number of aromatic nitrogens is 1. The lowest BCUT2D eigenvalue weighted by Crippen LogP contribution is -2.31. The predicted octanol–water partition coefficient (Wildman–Crippen LogP) is 3.93. The Kier molecular flexibility index (Phi) is 4.14. The highest BCUT2D eigenvalue weighted by Gasteiger charge is 2.34. The van der Waals surface area contributed by atoms with Crippen LogP contribution in [0.5, 0.6) is 0 Å². The van der Waals surface area contributed by atoms with Crippen LogP contribution in [-0.2, 0) is 13.2 Å². The molecular formula is C16H15F3N2OS. The summed E-state index contributed by atoms with van der Waals surface area (Å²) in [6.45, 7) is 0.584. The first-order valence-corrected chi connectivity index (χ1v) is 8.14. The van der Waals surface area contributed by atoms with Gasteiger partial charge in [0.25, 0.3) is 5.91 Å². The van der Waals surface area contributed by atoms with Crippen LogP contribution in [0.4, 0.5) is 13.2 Å². The Hall–Kier alpha value is -1.89. The normalized spacial score (nSPS) is 18.4. The lowest BCUT2D eigenvalue weighted by molar-refractivity contribution is -0.137. The molecule has 0 saturated carbocycles. The van der Waals surface area contributed by atoms with Gasteiger partial charge in [0.05, 0.1) is 11.3 Å². The van der Waals surface area contributed by atoms with Gasteiger partial charge in [-0.15, -0.1) is 11.8 Å². The summed E-state index contributed by atoms with van der Waals surface area (Å²) in [7, 11) is 1.91. The fourth-order valence-corrected chi connectivity index (χ4v) is 3.94. The second kappa shape index (κ2) is 5.96. The molecule has 1 aromatic heterocycles. The number of thioether (sulfide) groups is 1. The molecule has 7 heteroatoms. The van der Waals surface area contributed by atoms with Gasteiger partial charge in [-0.3, -0.25) is 4.79 Å². The Morgan fingerprint density at radius 1 is 1.22 bits per heavy atom. The van der Waals surface area contributed by atoms with Gasteiger partial charge >= 0.3 is 6.18 Å². The summed E-state index contributed by atoms with van der Waals surface area (Å²) in [4.78, 5) is 14.4. The molecule has 2 aromatic rings. The molecule has 1 amide bonds. The molecule has 1 aromatic carbocycles. The number of aryl methyl sites for hydroxylation is 1. The first kappa shape index (κ1) is 16.0. The van der Waals surface area contributed by atoms with Crippen molar-refractivity contribution in [2.24, 2.45) is 7.05 Å². The zero-order valence-electron chi connectivity index (χ0n) is 12.4. The fourth-order valence-electron chi connectivity index (χ4n) is 2.62. The van der Waals surface area contributed by atoms with Crippen LogP contribution < -0.4 is 0 Å². The van der Waals surface area contributed by atoms with Crippen LogP contribution >= 0.6 is 11.8 Å². The molecule has 1 aliphatic heterocycles. The molecular weight excluding hydrogens is 325 g/mol. The molecule has 0 spiro atoms. The molecule has 1 aliphatic rings. The molecule has 0 radical (unpaired) electrons. The Bertz CT molecular complexity index is 709. The van der Waals surface area contributed by atoms with E-state index in [1.54, 1.807) is 16.7 Å². The summed E-state index contributed by atoms with van der Waals surface area (Å²) >= 11 is 1.66. The van der Waals surface area contributed by atoms with E-state index in [-0.39, 0.29) is 16.8 Å². The van der Waals surface area contributed by atoms with E-state index in [4.69, 9.17) is 0 Å². The molecule has 3 nitrogen and oxygen atoms in total. The van der Waals surface area contributed by atoms with Crippen molar-refractivity contribution in [2.75, 3.05) is 12.3 Å². The number of carbonyl (C=O) groups is 1. The molecule has 0 N–H and O–H groups in total. The fraction of sp³-hybridized carbons (Fsp3) is 0.312. The summed E-state index contributed by atoms with van der Waals surface area (Å²) < 4.78 is 39.8. The van der Waals surface area contributed by atoms with Crippen LogP contribution in [-0.4, -0.2) is 27.7 Å². The largest absolute Gasteiger partial charge is 0.416 e. The summed E-state index contributed by atoms with van der Waals surface area (Å²) in [6, 6.07) is 8.26. The Morgan fingerprint density at radius 2 is 1.91 bits per heavy atom. The summed E-state index contributed by atoms with van der Waals surface area (Å²) in [5.74, 6) is 0.567. The van der Waals surface area contributed by atoms with Gasteiger partial charge in [-0.05, 0) is 36.4 Å². The molecule has 0 bridgehead atoms. The van der Waals surface area contributed by atoms with Crippen molar-refractivity contribution in [3.05, 3.63) is 59.4 Å². The second-order valence-electron chi connectivity index (χ2n) is 5.34. The van der Waals surface area contributed by atoms with E-state index >= 15 is 0 Å². The summed E-state index contributed by atoms with van der Waals surface area (Å²) in [5.41, 5.74) is 0.538. The molecule has 23 heavy (non-hydrogen) atoms. The van der Waals surface area contributed by atoms with Crippen LogP contribution in [0.25, 0.3) is 0 Å². The average molecular weight is 340 g/mol. The zero-order chi connectivity index (χ0) is 16.6. The van der Waals surface area contributed by atoms with Crippen molar-refractivity contribution in [3.63, 3.8) is 0 Å². The number of rotatable bonds is 2. The Balaban J connectivity index is 1.83. The minimum Gasteiger partial charge on any atom is -0.352 e. The van der Waals surface area contributed by atoms with Crippen LogP contribution in [0.15, 0.2) is 42.6 Å². The Labute approximate surface area is 136 Å². The van der Waals surface area contributed by atoms with Crippen molar-refractivity contribution in [1.82, 2.24) is 9.47 Å². The van der Waals surface area contributed by atoms with Gasteiger partial charge < -0.3 is 9.47 Å². The van der Waals surface area contributed by atoms with Crippen LogP contribution in [0, 0.1) is 0 Å². The molecule has 3 rings (SSSR count). The summed E-state index contributed by atoms with van der Waals surface area (Å²) in [5, 5.41) is -0.107. The number of hydrogen-bond acceptors (Lipinski definition) is 2. The average Bonchev–Trinajstić information content (AvgIpc) is 3.14. The SMILES string of the molecule is Cn1cccc1C1SCCN1C(=O)c1ccc(C(F)(F)F)cc1. The molecule has 1 fully saturated rings. The monoisotopic (exact) mass is 340 g/mol. The highest BCUT2D eigenvalue weighted by Crippen LogP contribution is 2.39. The van der Waals surface area contributed by atoms with Gasteiger partial charge in [0, 0.05) is 31.1 Å². The van der Waals surface area contributed by atoms with Crippen molar-refractivity contribution < 1.29 is 18.0 Å². The maximum Gasteiger partial charge on any atom is 0.416 e. The van der Waals surface area contributed by atoms with Crippen molar-refractivity contribution >= 4 is 17.7 Å². The number of hydrogen-bond donors (Lipinski definition) is 0. The van der Waals surface area contributed by atoms with Crippen molar-refractivity contribution in [2.45, 2.75) is 11.6 Å². The lowest BCUT2D eigenvalue weighted by Gasteiger charge is -2.24. The van der Waals surface area contributed by atoms with E-state index in [2.05, 4.69) is 0 Å². The maximum atomic E-state index is 12.6. The van der Waals surface area contributed by atoms with E-state index in [9.17, 15) is 18.0 Å². The minimum absolute atomic E-state index is 0.107. The van der Waals surface area contributed by atoms with Gasteiger partial charge in [0.1, 0.15) is 5.37 Å². The number of nitrogens with zero attached hydrogens (tertiary/aromatic N) is 2. The Morgan fingerprint density at radius 3 is 2.48 bits per heavy atom. The maximum absolute atomic E-state index is 12.6. The number of benzene rings is 1. The summed E-state index contributed by atoms with van der Waals surface area (Å²) in [6.07, 6.45) is -2.48. The predicted molar refractivity (Wildman–Crippen MR) is 83.1 cm³/mol. The van der Waals surface area contributed by atoms with Crippen LogP contribution in [0.3, 0.4) is 0 Å². The zero-order valence-corrected chi connectivity index (χ0v) is 13.2. The molecule has 2 heterocycles. The first-order chi connectivity index (χ1) is 10.9. The van der Waals surface area contributed by atoms with E-state index in [0.29, 0.717) is 6.54 Å². The molecule has 122 valence electrons. The highest BCUT2D eigenvalue weighted by molar-refractivity contribution is 7.99. The quantitative estimate of drug-likeness (QED) is 0.828. The standard InChI is InChI=1S/C16H15F3N2OS/c1-20-8-2-3-13(20)15-21(9-10-23-15)14(22)11-4-6-12(7-5-11)16(17,18)19/h2-8,15H,9-10H2,1H3. The van der Waals surface area contributed by atoms with Gasteiger partial charge in [0.2, 0.25) is 0 Å².